The molecule has 2 heterocycles. The van der Waals surface area contributed by atoms with Crippen molar-refractivity contribution in [2.75, 3.05) is 19.6 Å². The first kappa shape index (κ1) is 14.0. The van der Waals surface area contributed by atoms with E-state index < -0.39 is 0 Å². The molecule has 0 spiro atoms. The third-order valence-corrected chi connectivity index (χ3v) is 6.21. The third kappa shape index (κ3) is 2.60. The van der Waals surface area contributed by atoms with Crippen LogP contribution in [-0.4, -0.2) is 59.1 Å². The van der Waals surface area contributed by atoms with Crippen molar-refractivity contribution in [1.29, 1.82) is 5.26 Å². The van der Waals surface area contributed by atoms with E-state index in [4.69, 9.17) is 0 Å². The number of nitrogens with one attached hydrogen (secondary N) is 1. The van der Waals surface area contributed by atoms with Crippen molar-refractivity contribution in [2.45, 2.75) is 81.6 Å². The quantitative estimate of drug-likeness (QED) is 0.859. The van der Waals surface area contributed by atoms with Crippen LogP contribution in [0.1, 0.15) is 51.9 Å². The zero-order valence-corrected chi connectivity index (χ0v) is 13.2. The van der Waals surface area contributed by atoms with Gasteiger partial charge in [-0.3, -0.25) is 15.1 Å². The topological polar surface area (TPSA) is 42.3 Å². The van der Waals surface area contributed by atoms with Crippen LogP contribution in [0.3, 0.4) is 0 Å². The van der Waals surface area contributed by atoms with Crippen molar-refractivity contribution >= 4 is 0 Å². The summed E-state index contributed by atoms with van der Waals surface area (Å²) in [6.07, 6.45) is 8.57. The molecule has 1 N–H and O–H groups in total. The van der Waals surface area contributed by atoms with E-state index in [1.54, 1.807) is 0 Å². The van der Waals surface area contributed by atoms with Gasteiger partial charge >= 0.3 is 0 Å². The van der Waals surface area contributed by atoms with Crippen molar-refractivity contribution in [3.8, 4) is 6.07 Å². The van der Waals surface area contributed by atoms with E-state index in [1.165, 1.54) is 51.7 Å². The Bertz CT molecular complexity index is 441. The summed E-state index contributed by atoms with van der Waals surface area (Å²) >= 11 is 0. The van der Waals surface area contributed by atoms with E-state index in [9.17, 15) is 5.26 Å². The monoisotopic (exact) mass is 288 g/mol. The predicted molar refractivity (Wildman–Crippen MR) is 82.9 cm³/mol. The molecule has 4 unspecified atom stereocenters. The van der Waals surface area contributed by atoms with Gasteiger partial charge in [-0.2, -0.15) is 5.26 Å². The molecule has 2 aliphatic carbocycles. The fraction of sp³-hybridized carbons (Fsp3) is 0.941. The third-order valence-electron chi connectivity index (χ3n) is 6.21. The maximum Gasteiger partial charge on any atom is 0.108 e. The highest BCUT2D eigenvalue weighted by atomic mass is 15.3. The lowest BCUT2D eigenvalue weighted by molar-refractivity contribution is 0.0282. The Hall–Kier alpha value is -0.630. The zero-order chi connectivity index (χ0) is 14.4. The van der Waals surface area contributed by atoms with E-state index in [-0.39, 0.29) is 5.54 Å². The van der Waals surface area contributed by atoms with Crippen LogP contribution >= 0.6 is 0 Å². The van der Waals surface area contributed by atoms with Crippen LogP contribution in [0.5, 0.6) is 0 Å². The second-order valence-corrected chi connectivity index (χ2v) is 7.85. The van der Waals surface area contributed by atoms with Crippen LogP contribution < -0.4 is 5.32 Å². The molecular weight excluding hydrogens is 260 g/mol. The first-order valence-corrected chi connectivity index (χ1v) is 8.88. The molecule has 2 aliphatic heterocycles. The van der Waals surface area contributed by atoms with Gasteiger partial charge in [0.05, 0.1) is 6.07 Å². The fourth-order valence-corrected chi connectivity index (χ4v) is 4.90. The Morgan fingerprint density at radius 2 is 2.00 bits per heavy atom. The van der Waals surface area contributed by atoms with Crippen molar-refractivity contribution in [1.82, 2.24) is 15.1 Å². The molecule has 0 aromatic carbocycles. The van der Waals surface area contributed by atoms with Gasteiger partial charge in [-0.05, 0) is 58.4 Å². The molecule has 4 atom stereocenters. The van der Waals surface area contributed by atoms with Crippen LogP contribution in [0.4, 0.5) is 0 Å². The molecule has 4 aliphatic rings. The van der Waals surface area contributed by atoms with E-state index in [0.717, 1.165) is 18.9 Å². The molecule has 2 saturated carbocycles. The standard InChI is InChI=1S/C17H28N4/c1-13-10-20-8-2-3-16(20)11-21(13)15-6-7-17(9-15,12-18)19-14-4-5-14/h13-16,19H,2-11H2,1H3. The number of piperazine rings is 1. The van der Waals surface area contributed by atoms with E-state index in [0.29, 0.717) is 18.1 Å². The Balaban J connectivity index is 1.43. The van der Waals surface area contributed by atoms with Gasteiger partial charge in [-0.25, -0.2) is 0 Å². The average molecular weight is 288 g/mol. The molecule has 4 nitrogen and oxygen atoms in total. The number of nitrogens with zero attached hydrogens (tertiary/aromatic N) is 3. The minimum Gasteiger partial charge on any atom is -0.298 e. The summed E-state index contributed by atoms with van der Waals surface area (Å²) in [5.74, 6) is 0. The minimum absolute atomic E-state index is 0.224. The van der Waals surface area contributed by atoms with Crippen LogP contribution in [0.2, 0.25) is 0 Å². The Morgan fingerprint density at radius 1 is 1.14 bits per heavy atom. The SMILES string of the molecule is CC1CN2CCCC2CN1C1CCC(C#N)(NC2CC2)C1. The van der Waals surface area contributed by atoms with Gasteiger partial charge in [0.1, 0.15) is 5.54 Å². The number of fused-ring (bicyclic) bond motifs is 1. The maximum absolute atomic E-state index is 9.69. The van der Waals surface area contributed by atoms with Gasteiger partial charge in [-0.15, -0.1) is 0 Å². The summed E-state index contributed by atoms with van der Waals surface area (Å²) in [7, 11) is 0. The summed E-state index contributed by atoms with van der Waals surface area (Å²) in [4.78, 5) is 5.43. The lowest BCUT2D eigenvalue weighted by atomic mass is 9.98. The molecule has 21 heavy (non-hydrogen) atoms. The van der Waals surface area contributed by atoms with Gasteiger partial charge < -0.3 is 0 Å². The highest BCUT2D eigenvalue weighted by molar-refractivity contribution is 5.16. The van der Waals surface area contributed by atoms with Gasteiger partial charge in [0, 0.05) is 37.3 Å². The summed E-state index contributed by atoms with van der Waals surface area (Å²) in [5.41, 5.74) is -0.224. The predicted octanol–water partition coefficient (Wildman–Crippen LogP) is 1.72. The molecule has 4 fully saturated rings. The lowest BCUT2D eigenvalue weighted by Gasteiger charge is -2.45. The van der Waals surface area contributed by atoms with E-state index in [1.807, 2.05) is 0 Å². The molecular formula is C17H28N4. The zero-order valence-electron chi connectivity index (χ0n) is 13.2. The largest absolute Gasteiger partial charge is 0.298 e. The average Bonchev–Trinajstić information content (AvgIpc) is 3.00. The minimum atomic E-state index is -0.224. The van der Waals surface area contributed by atoms with Gasteiger partial charge in [-0.1, -0.05) is 0 Å². The molecule has 2 saturated heterocycles. The molecule has 0 bridgehead atoms. The molecule has 4 rings (SSSR count). The van der Waals surface area contributed by atoms with Crippen molar-refractivity contribution in [2.24, 2.45) is 0 Å². The van der Waals surface area contributed by atoms with Crippen LogP contribution in [0, 0.1) is 11.3 Å². The normalized spacial score (nSPS) is 44.7. The number of hydrogen-bond donors (Lipinski definition) is 1. The number of nitriles is 1. The maximum atomic E-state index is 9.69. The molecule has 0 aromatic rings. The van der Waals surface area contributed by atoms with Crippen molar-refractivity contribution in [3.05, 3.63) is 0 Å². The van der Waals surface area contributed by atoms with Crippen LogP contribution in [-0.2, 0) is 0 Å². The number of rotatable bonds is 3. The Labute approximate surface area is 128 Å². The fourth-order valence-electron chi connectivity index (χ4n) is 4.90. The molecule has 0 aromatic heterocycles. The van der Waals surface area contributed by atoms with Crippen molar-refractivity contribution < 1.29 is 0 Å². The first-order chi connectivity index (χ1) is 10.2. The van der Waals surface area contributed by atoms with Crippen LogP contribution in [0.25, 0.3) is 0 Å². The summed E-state index contributed by atoms with van der Waals surface area (Å²) < 4.78 is 0. The molecule has 116 valence electrons. The van der Waals surface area contributed by atoms with Gasteiger partial charge in [0.2, 0.25) is 0 Å². The summed E-state index contributed by atoms with van der Waals surface area (Å²) in [5, 5.41) is 13.3. The van der Waals surface area contributed by atoms with Gasteiger partial charge in [0.25, 0.3) is 0 Å². The van der Waals surface area contributed by atoms with E-state index >= 15 is 0 Å². The van der Waals surface area contributed by atoms with Crippen LogP contribution in [0.15, 0.2) is 0 Å². The highest BCUT2D eigenvalue weighted by Crippen LogP contribution is 2.38. The molecule has 0 amide bonds. The molecule has 0 radical (unpaired) electrons. The van der Waals surface area contributed by atoms with Crippen molar-refractivity contribution in [3.63, 3.8) is 0 Å². The lowest BCUT2D eigenvalue weighted by Crippen LogP contribution is -2.58. The second-order valence-electron chi connectivity index (χ2n) is 7.85. The summed E-state index contributed by atoms with van der Waals surface area (Å²) in [6, 6.07) is 5.32. The van der Waals surface area contributed by atoms with Gasteiger partial charge in [0.15, 0.2) is 0 Å². The number of hydrogen-bond acceptors (Lipinski definition) is 4. The second kappa shape index (κ2) is 5.22. The summed E-state index contributed by atoms with van der Waals surface area (Å²) in [6.45, 7) is 6.15. The Kier molecular flexibility index (Phi) is 3.48. The van der Waals surface area contributed by atoms with E-state index in [2.05, 4.69) is 28.1 Å². The highest BCUT2D eigenvalue weighted by Gasteiger charge is 2.47. The first-order valence-electron chi connectivity index (χ1n) is 8.88. The Morgan fingerprint density at radius 3 is 2.76 bits per heavy atom. The smallest absolute Gasteiger partial charge is 0.108 e. The molecule has 4 heteroatoms.